The van der Waals surface area contributed by atoms with Gasteiger partial charge in [-0.25, -0.2) is 0 Å². The van der Waals surface area contributed by atoms with Crippen molar-refractivity contribution in [1.29, 1.82) is 0 Å². The number of aliphatic hydroxyl groups excluding tert-OH is 2. The van der Waals surface area contributed by atoms with E-state index >= 15 is 0 Å². The minimum absolute atomic E-state index is 0.151. The standard InChI is InChI=1S/C10H14O3/c1-6(11)9-5-7-3-2-4-8(12)10(7)13-9/h2,4,6-7,9,11-12H,3,5H2,1H3/t6?,7?,9-/m0/s1. The molecule has 0 aromatic carbocycles. The lowest BCUT2D eigenvalue weighted by molar-refractivity contribution is 0.0289. The van der Waals surface area contributed by atoms with Crippen molar-refractivity contribution in [1.82, 2.24) is 0 Å². The first kappa shape index (κ1) is 8.63. The second-order valence-electron chi connectivity index (χ2n) is 3.72. The molecule has 2 rings (SSSR count). The molecular weight excluding hydrogens is 168 g/mol. The van der Waals surface area contributed by atoms with E-state index in [1.807, 2.05) is 6.08 Å². The Morgan fingerprint density at radius 2 is 2.38 bits per heavy atom. The first-order valence-corrected chi connectivity index (χ1v) is 4.63. The van der Waals surface area contributed by atoms with Gasteiger partial charge in [0.15, 0.2) is 5.76 Å². The Labute approximate surface area is 77.3 Å². The molecule has 1 saturated heterocycles. The fourth-order valence-corrected chi connectivity index (χ4v) is 1.89. The third-order valence-corrected chi connectivity index (χ3v) is 2.65. The molecule has 3 atom stereocenters. The molecule has 1 heterocycles. The Morgan fingerprint density at radius 1 is 1.62 bits per heavy atom. The summed E-state index contributed by atoms with van der Waals surface area (Å²) in [5.74, 6) is 1.15. The highest BCUT2D eigenvalue weighted by Crippen LogP contribution is 2.37. The van der Waals surface area contributed by atoms with Crippen LogP contribution in [0.3, 0.4) is 0 Å². The number of aliphatic hydroxyl groups is 2. The summed E-state index contributed by atoms with van der Waals surface area (Å²) in [6.07, 6.45) is 4.70. The first-order valence-electron chi connectivity index (χ1n) is 4.63. The van der Waals surface area contributed by atoms with Crippen molar-refractivity contribution in [2.75, 3.05) is 0 Å². The molecule has 2 N–H and O–H groups in total. The normalized spacial score (nSPS) is 34.3. The van der Waals surface area contributed by atoms with E-state index in [-0.39, 0.29) is 17.8 Å². The quantitative estimate of drug-likeness (QED) is 0.646. The monoisotopic (exact) mass is 182 g/mol. The van der Waals surface area contributed by atoms with E-state index < -0.39 is 6.10 Å². The van der Waals surface area contributed by atoms with Crippen molar-refractivity contribution in [2.24, 2.45) is 5.92 Å². The summed E-state index contributed by atoms with van der Waals surface area (Å²) in [5, 5.41) is 18.8. The second kappa shape index (κ2) is 3.07. The molecule has 2 unspecified atom stereocenters. The summed E-state index contributed by atoms with van der Waals surface area (Å²) in [6, 6.07) is 0. The molecule has 2 aliphatic rings. The van der Waals surface area contributed by atoms with Gasteiger partial charge >= 0.3 is 0 Å². The topological polar surface area (TPSA) is 49.7 Å². The van der Waals surface area contributed by atoms with E-state index in [2.05, 4.69) is 0 Å². The van der Waals surface area contributed by atoms with E-state index in [0.29, 0.717) is 5.76 Å². The molecule has 0 aromatic heterocycles. The maximum atomic E-state index is 9.47. The molecule has 0 radical (unpaired) electrons. The molecule has 0 spiro atoms. The molecule has 72 valence electrons. The van der Waals surface area contributed by atoms with Crippen LogP contribution < -0.4 is 0 Å². The molecule has 1 fully saturated rings. The molecule has 1 aliphatic heterocycles. The van der Waals surface area contributed by atoms with Crippen molar-refractivity contribution in [3.05, 3.63) is 23.7 Å². The number of hydrogen-bond acceptors (Lipinski definition) is 3. The lowest BCUT2D eigenvalue weighted by Crippen LogP contribution is -2.21. The van der Waals surface area contributed by atoms with Gasteiger partial charge in [0, 0.05) is 5.92 Å². The minimum Gasteiger partial charge on any atom is -0.504 e. The van der Waals surface area contributed by atoms with Crippen molar-refractivity contribution in [3.63, 3.8) is 0 Å². The summed E-state index contributed by atoms with van der Waals surface area (Å²) in [5.41, 5.74) is 0. The summed E-state index contributed by atoms with van der Waals surface area (Å²) in [4.78, 5) is 0. The highest BCUT2D eigenvalue weighted by molar-refractivity contribution is 5.24. The van der Waals surface area contributed by atoms with Crippen LogP contribution in [0.1, 0.15) is 19.8 Å². The fraction of sp³-hybridized carbons (Fsp3) is 0.600. The molecule has 3 heteroatoms. The van der Waals surface area contributed by atoms with Crippen LogP contribution in [0.4, 0.5) is 0 Å². The van der Waals surface area contributed by atoms with Crippen LogP contribution in [0.25, 0.3) is 0 Å². The number of fused-ring (bicyclic) bond motifs is 1. The van der Waals surface area contributed by atoms with E-state index in [1.165, 1.54) is 0 Å². The van der Waals surface area contributed by atoms with E-state index in [1.54, 1.807) is 13.0 Å². The molecule has 1 aliphatic carbocycles. The van der Waals surface area contributed by atoms with Gasteiger partial charge in [-0.2, -0.15) is 0 Å². The van der Waals surface area contributed by atoms with Gasteiger partial charge < -0.3 is 14.9 Å². The predicted molar refractivity (Wildman–Crippen MR) is 48.1 cm³/mol. The maximum Gasteiger partial charge on any atom is 0.153 e. The van der Waals surface area contributed by atoms with Crippen LogP contribution >= 0.6 is 0 Å². The highest BCUT2D eigenvalue weighted by Gasteiger charge is 2.36. The largest absolute Gasteiger partial charge is 0.504 e. The molecule has 3 nitrogen and oxygen atoms in total. The molecule has 13 heavy (non-hydrogen) atoms. The number of allylic oxidation sites excluding steroid dienone is 3. The van der Waals surface area contributed by atoms with Crippen molar-refractivity contribution in [3.8, 4) is 0 Å². The van der Waals surface area contributed by atoms with Crippen LogP contribution in [-0.2, 0) is 4.74 Å². The number of ether oxygens (including phenoxy) is 1. The van der Waals surface area contributed by atoms with Crippen LogP contribution in [-0.4, -0.2) is 22.4 Å². The van der Waals surface area contributed by atoms with Gasteiger partial charge in [0.2, 0.25) is 0 Å². The van der Waals surface area contributed by atoms with Gasteiger partial charge in [-0.3, -0.25) is 0 Å². The van der Waals surface area contributed by atoms with Gasteiger partial charge in [-0.05, 0) is 25.8 Å². The van der Waals surface area contributed by atoms with Crippen LogP contribution in [0.5, 0.6) is 0 Å². The fourth-order valence-electron chi connectivity index (χ4n) is 1.89. The zero-order valence-corrected chi connectivity index (χ0v) is 7.60. The summed E-state index contributed by atoms with van der Waals surface area (Å²) < 4.78 is 5.47. The van der Waals surface area contributed by atoms with E-state index in [9.17, 15) is 10.2 Å². The lowest BCUT2D eigenvalue weighted by Gasteiger charge is -2.14. The van der Waals surface area contributed by atoms with Gasteiger partial charge in [0.05, 0.1) is 6.10 Å². The summed E-state index contributed by atoms with van der Waals surface area (Å²) in [6.45, 7) is 1.72. The Kier molecular flexibility index (Phi) is 2.04. The van der Waals surface area contributed by atoms with Crippen molar-refractivity contribution < 1.29 is 14.9 Å². The SMILES string of the molecule is CC(O)[C@@H]1CC2CC=CC(O)=C2O1. The second-order valence-corrected chi connectivity index (χ2v) is 3.72. The van der Waals surface area contributed by atoms with Gasteiger partial charge in [-0.15, -0.1) is 0 Å². The van der Waals surface area contributed by atoms with Crippen LogP contribution in [0.2, 0.25) is 0 Å². The molecule has 0 amide bonds. The summed E-state index contributed by atoms with van der Waals surface area (Å²) in [7, 11) is 0. The lowest BCUT2D eigenvalue weighted by atomic mass is 9.94. The Morgan fingerprint density at radius 3 is 3.00 bits per heavy atom. The zero-order valence-electron chi connectivity index (χ0n) is 7.60. The molecular formula is C10H14O3. The smallest absolute Gasteiger partial charge is 0.153 e. The van der Waals surface area contributed by atoms with Crippen molar-refractivity contribution >= 4 is 0 Å². The Balaban J connectivity index is 2.17. The third-order valence-electron chi connectivity index (χ3n) is 2.65. The average molecular weight is 182 g/mol. The zero-order chi connectivity index (χ0) is 9.42. The first-order chi connectivity index (χ1) is 6.18. The predicted octanol–water partition coefficient (Wildman–Crippen LogP) is 1.50. The van der Waals surface area contributed by atoms with Gasteiger partial charge in [-0.1, -0.05) is 6.08 Å². The average Bonchev–Trinajstić information content (AvgIpc) is 2.49. The third kappa shape index (κ3) is 1.44. The van der Waals surface area contributed by atoms with Crippen molar-refractivity contribution in [2.45, 2.75) is 32.0 Å². The molecule has 0 bridgehead atoms. The minimum atomic E-state index is -0.467. The van der Waals surface area contributed by atoms with Gasteiger partial charge in [0.1, 0.15) is 11.9 Å². The number of hydrogen-bond donors (Lipinski definition) is 2. The maximum absolute atomic E-state index is 9.47. The van der Waals surface area contributed by atoms with Crippen LogP contribution in [0.15, 0.2) is 23.7 Å². The summed E-state index contributed by atoms with van der Waals surface area (Å²) >= 11 is 0. The molecule has 0 saturated carbocycles. The number of rotatable bonds is 1. The van der Waals surface area contributed by atoms with Crippen LogP contribution in [0, 0.1) is 5.92 Å². The highest BCUT2D eigenvalue weighted by atomic mass is 16.5. The Bertz CT molecular complexity index is 265. The van der Waals surface area contributed by atoms with E-state index in [0.717, 1.165) is 12.8 Å². The Hall–Kier alpha value is -0.960. The molecule has 0 aromatic rings. The van der Waals surface area contributed by atoms with Gasteiger partial charge in [0.25, 0.3) is 0 Å². The van der Waals surface area contributed by atoms with E-state index in [4.69, 9.17) is 4.74 Å².